The third kappa shape index (κ3) is 1.85. The molecule has 1 aromatic rings. The zero-order valence-electron chi connectivity index (χ0n) is 5.89. The first kappa shape index (κ1) is 9.69. The summed E-state index contributed by atoms with van der Waals surface area (Å²) in [4.78, 5) is -0.588. The first-order valence-corrected chi connectivity index (χ1v) is 4.85. The van der Waals surface area contributed by atoms with Crippen LogP contribution >= 0.6 is 31.9 Å². The van der Waals surface area contributed by atoms with Gasteiger partial charge in [-0.05, 0) is 22.0 Å². The summed E-state index contributed by atoms with van der Waals surface area (Å²) in [6.45, 7) is 0. The number of rotatable bonds is 1. The fraction of sp³-hybridized carbons (Fsp3) is 0.125. The normalized spacial score (nSPS) is 12.2. The molecule has 1 atom stereocenters. The zero-order chi connectivity index (χ0) is 9.14. The molecular weight excluding hydrogens is 289 g/mol. The number of hydrogen-bond acceptors (Lipinski definition) is 1. The highest BCUT2D eigenvalue weighted by Gasteiger charge is 2.12. The van der Waals surface area contributed by atoms with Gasteiger partial charge in [-0.1, -0.05) is 28.1 Å². The number of nitriles is 1. The molecule has 0 saturated carbocycles. The van der Waals surface area contributed by atoms with Gasteiger partial charge in [-0.2, -0.15) is 5.26 Å². The maximum Gasteiger partial charge on any atom is 0.142 e. The number of benzene rings is 1. The molecule has 12 heavy (non-hydrogen) atoms. The van der Waals surface area contributed by atoms with Crippen molar-refractivity contribution in [3.8, 4) is 6.07 Å². The molecule has 0 bridgehead atoms. The highest BCUT2D eigenvalue weighted by Crippen LogP contribution is 2.28. The van der Waals surface area contributed by atoms with Crippen LogP contribution in [0.3, 0.4) is 0 Å². The van der Waals surface area contributed by atoms with E-state index in [-0.39, 0.29) is 5.82 Å². The monoisotopic (exact) mass is 291 g/mol. The summed E-state index contributed by atoms with van der Waals surface area (Å²) in [6, 6.07) is 6.76. The van der Waals surface area contributed by atoms with E-state index in [9.17, 15) is 4.39 Å². The van der Waals surface area contributed by atoms with Gasteiger partial charge < -0.3 is 0 Å². The highest BCUT2D eigenvalue weighted by atomic mass is 79.9. The minimum Gasteiger partial charge on any atom is -0.205 e. The van der Waals surface area contributed by atoms with E-state index in [1.165, 1.54) is 0 Å². The first-order chi connectivity index (χ1) is 5.66. The summed E-state index contributed by atoms with van der Waals surface area (Å²) >= 11 is 6.09. The van der Waals surface area contributed by atoms with Crippen LogP contribution in [0.5, 0.6) is 0 Å². The van der Waals surface area contributed by atoms with E-state index in [1.807, 2.05) is 6.07 Å². The molecule has 0 heterocycles. The SMILES string of the molecule is N#CC(Br)c1cccc(Br)c1F. The van der Waals surface area contributed by atoms with E-state index in [4.69, 9.17) is 5.26 Å². The third-order valence-electron chi connectivity index (χ3n) is 1.37. The average Bonchev–Trinajstić information content (AvgIpc) is 2.08. The van der Waals surface area contributed by atoms with Crippen LogP contribution in [0, 0.1) is 17.1 Å². The Morgan fingerprint density at radius 1 is 1.50 bits per heavy atom. The molecule has 4 heteroatoms. The van der Waals surface area contributed by atoms with Gasteiger partial charge in [-0.25, -0.2) is 4.39 Å². The summed E-state index contributed by atoms with van der Waals surface area (Å²) in [7, 11) is 0. The van der Waals surface area contributed by atoms with Gasteiger partial charge in [0.05, 0.1) is 10.5 Å². The Hall–Kier alpha value is -0.400. The highest BCUT2D eigenvalue weighted by molar-refractivity contribution is 9.10. The molecule has 0 spiro atoms. The Morgan fingerprint density at radius 3 is 2.75 bits per heavy atom. The molecule has 1 rings (SSSR count). The molecule has 1 aromatic carbocycles. The molecule has 0 amide bonds. The van der Waals surface area contributed by atoms with E-state index in [1.54, 1.807) is 18.2 Å². The third-order valence-corrected chi connectivity index (χ3v) is 2.68. The largest absolute Gasteiger partial charge is 0.205 e. The van der Waals surface area contributed by atoms with Crippen molar-refractivity contribution in [1.29, 1.82) is 5.26 Å². The van der Waals surface area contributed by atoms with E-state index in [0.29, 0.717) is 10.0 Å². The molecular formula is C8H4Br2FN. The Balaban J connectivity index is 3.18. The molecule has 0 N–H and O–H groups in total. The Morgan fingerprint density at radius 2 is 2.17 bits per heavy atom. The van der Waals surface area contributed by atoms with Crippen molar-refractivity contribution in [3.63, 3.8) is 0 Å². The molecule has 1 unspecified atom stereocenters. The fourth-order valence-corrected chi connectivity index (χ4v) is 1.52. The summed E-state index contributed by atoms with van der Waals surface area (Å²) in [5.41, 5.74) is 0.354. The second-order valence-electron chi connectivity index (χ2n) is 2.13. The maximum absolute atomic E-state index is 13.2. The molecule has 1 nitrogen and oxygen atoms in total. The van der Waals surface area contributed by atoms with Gasteiger partial charge in [-0.15, -0.1) is 0 Å². The van der Waals surface area contributed by atoms with Gasteiger partial charge in [-0.3, -0.25) is 0 Å². The van der Waals surface area contributed by atoms with Crippen molar-refractivity contribution < 1.29 is 4.39 Å². The minimum absolute atomic E-state index is 0.354. The lowest BCUT2D eigenvalue weighted by Gasteiger charge is -2.03. The summed E-state index contributed by atoms with van der Waals surface area (Å²) < 4.78 is 13.6. The van der Waals surface area contributed by atoms with Crippen LogP contribution in [0.15, 0.2) is 22.7 Å². The Labute approximate surface area is 86.5 Å². The summed E-state index contributed by atoms with van der Waals surface area (Å²) in [5, 5.41) is 8.52. The van der Waals surface area contributed by atoms with E-state index in [2.05, 4.69) is 31.9 Å². The standard InChI is InChI=1S/C8H4Br2FN/c9-6-3-1-2-5(8(6)11)7(10)4-12/h1-3,7H. The molecule has 0 aromatic heterocycles. The zero-order valence-corrected chi connectivity index (χ0v) is 9.06. The lowest BCUT2D eigenvalue weighted by molar-refractivity contribution is 0.608. The van der Waals surface area contributed by atoms with Crippen molar-refractivity contribution in [1.82, 2.24) is 0 Å². The molecule has 0 aliphatic carbocycles. The summed E-state index contributed by atoms with van der Waals surface area (Å²) in [5.74, 6) is -0.388. The van der Waals surface area contributed by atoms with E-state index < -0.39 is 4.83 Å². The fourth-order valence-electron chi connectivity index (χ4n) is 0.786. The molecule has 0 aliphatic rings. The van der Waals surface area contributed by atoms with E-state index >= 15 is 0 Å². The van der Waals surface area contributed by atoms with Crippen molar-refractivity contribution in [2.24, 2.45) is 0 Å². The van der Waals surface area contributed by atoms with Crippen LogP contribution in [0.25, 0.3) is 0 Å². The van der Waals surface area contributed by atoms with Crippen LogP contribution in [0.4, 0.5) is 4.39 Å². The van der Waals surface area contributed by atoms with Crippen LogP contribution in [-0.4, -0.2) is 0 Å². The Bertz CT molecular complexity index is 332. The van der Waals surface area contributed by atoms with Crippen LogP contribution < -0.4 is 0 Å². The molecule has 0 saturated heterocycles. The van der Waals surface area contributed by atoms with E-state index in [0.717, 1.165) is 0 Å². The van der Waals surface area contributed by atoms with Crippen LogP contribution in [0.2, 0.25) is 0 Å². The second kappa shape index (κ2) is 4.01. The first-order valence-electron chi connectivity index (χ1n) is 3.14. The van der Waals surface area contributed by atoms with Gasteiger partial charge in [0.2, 0.25) is 0 Å². The van der Waals surface area contributed by atoms with Crippen molar-refractivity contribution in [2.45, 2.75) is 4.83 Å². The van der Waals surface area contributed by atoms with Crippen molar-refractivity contribution in [2.75, 3.05) is 0 Å². The minimum atomic E-state index is -0.588. The van der Waals surface area contributed by atoms with Gasteiger partial charge in [0.15, 0.2) is 0 Å². The maximum atomic E-state index is 13.2. The van der Waals surface area contributed by atoms with Crippen LogP contribution in [0.1, 0.15) is 10.4 Å². The predicted octanol–water partition coefficient (Wildman–Crippen LogP) is 3.55. The lowest BCUT2D eigenvalue weighted by atomic mass is 10.1. The van der Waals surface area contributed by atoms with Gasteiger partial charge >= 0.3 is 0 Å². The van der Waals surface area contributed by atoms with Crippen molar-refractivity contribution in [3.05, 3.63) is 34.1 Å². The number of halogens is 3. The molecule has 0 aliphatic heterocycles. The topological polar surface area (TPSA) is 23.8 Å². The lowest BCUT2D eigenvalue weighted by Crippen LogP contribution is -1.91. The predicted molar refractivity (Wildman–Crippen MR) is 51.4 cm³/mol. The summed E-state index contributed by atoms with van der Waals surface area (Å²) in [6.07, 6.45) is 0. The van der Waals surface area contributed by atoms with Crippen LogP contribution in [-0.2, 0) is 0 Å². The van der Waals surface area contributed by atoms with Gasteiger partial charge in [0.1, 0.15) is 10.6 Å². The number of nitrogens with zero attached hydrogens (tertiary/aromatic N) is 1. The van der Waals surface area contributed by atoms with Gasteiger partial charge in [0.25, 0.3) is 0 Å². The Kier molecular flexibility index (Phi) is 3.24. The number of alkyl halides is 1. The number of hydrogen-bond donors (Lipinski definition) is 0. The second-order valence-corrected chi connectivity index (χ2v) is 3.90. The van der Waals surface area contributed by atoms with Gasteiger partial charge in [0, 0.05) is 5.56 Å². The smallest absolute Gasteiger partial charge is 0.142 e. The molecule has 0 fully saturated rings. The average molecular weight is 293 g/mol. The molecule has 0 radical (unpaired) electrons. The van der Waals surface area contributed by atoms with Crippen molar-refractivity contribution >= 4 is 31.9 Å². The molecule has 62 valence electrons. The quantitative estimate of drug-likeness (QED) is 0.726.